The molecule has 3 rings (SSSR count). The first-order valence-corrected chi connectivity index (χ1v) is 6.00. The van der Waals surface area contributed by atoms with Crippen molar-refractivity contribution in [2.24, 2.45) is 0 Å². The number of carbonyl (C=O) groups excluding carboxylic acids is 1. The Balaban J connectivity index is 2.05. The van der Waals surface area contributed by atoms with E-state index in [4.69, 9.17) is 0 Å². The summed E-state index contributed by atoms with van der Waals surface area (Å²) in [5, 5.41) is 0. The molecule has 0 radical (unpaired) electrons. The van der Waals surface area contributed by atoms with E-state index in [1.54, 1.807) is 17.4 Å². The van der Waals surface area contributed by atoms with Crippen LogP contribution in [0.1, 0.15) is 24.4 Å². The van der Waals surface area contributed by atoms with E-state index in [1.165, 1.54) is 0 Å². The predicted molar refractivity (Wildman–Crippen MR) is 66.2 cm³/mol. The first kappa shape index (κ1) is 11.0. The number of fused-ring (bicyclic) bond motifs is 1. The molecule has 0 aliphatic carbocycles. The van der Waals surface area contributed by atoms with Crippen molar-refractivity contribution in [3.8, 4) is 5.82 Å². The molecule has 2 aromatic heterocycles. The summed E-state index contributed by atoms with van der Waals surface area (Å²) in [5.41, 5.74) is 2.12. The van der Waals surface area contributed by atoms with Gasteiger partial charge in [0.1, 0.15) is 12.1 Å². The molecular weight excluding hydrogens is 228 g/mol. The summed E-state index contributed by atoms with van der Waals surface area (Å²) in [7, 11) is 0. The molecule has 0 saturated carbocycles. The van der Waals surface area contributed by atoms with Crippen molar-refractivity contribution in [1.29, 1.82) is 0 Å². The van der Waals surface area contributed by atoms with Gasteiger partial charge < -0.3 is 4.90 Å². The van der Waals surface area contributed by atoms with E-state index >= 15 is 0 Å². The van der Waals surface area contributed by atoms with Crippen molar-refractivity contribution in [3.63, 3.8) is 0 Å². The summed E-state index contributed by atoms with van der Waals surface area (Å²) in [4.78, 5) is 21.5. The van der Waals surface area contributed by atoms with Gasteiger partial charge in [-0.15, -0.1) is 0 Å². The lowest BCUT2D eigenvalue weighted by molar-refractivity contribution is -0.120. The highest BCUT2D eigenvalue weighted by Gasteiger charge is 2.27. The van der Waals surface area contributed by atoms with Gasteiger partial charge >= 0.3 is 0 Å². The fourth-order valence-corrected chi connectivity index (χ4v) is 2.41. The van der Waals surface area contributed by atoms with Crippen LogP contribution in [0.15, 0.2) is 30.7 Å². The number of imidazole rings is 1. The van der Waals surface area contributed by atoms with Crippen LogP contribution in [0.4, 0.5) is 0 Å². The summed E-state index contributed by atoms with van der Waals surface area (Å²) < 4.78 is 2.01. The molecule has 2 aromatic rings. The quantitative estimate of drug-likeness (QED) is 0.747. The topological polar surface area (TPSA) is 51.0 Å². The maximum Gasteiger partial charge on any atom is 0.210 e. The number of nitrogens with zero attached hydrogens (tertiary/aromatic N) is 4. The smallest absolute Gasteiger partial charge is 0.210 e. The molecule has 1 atom stereocenters. The average molecular weight is 242 g/mol. The summed E-state index contributed by atoms with van der Waals surface area (Å²) in [6, 6.07) is 5.84. The number of hydrogen-bond donors (Lipinski definition) is 0. The standard InChI is InChI=1S/C13H14N4O/c1-10-13-11(5-7-16(10)9-18)17(8-15-13)12-4-2-3-6-14-12/h2-4,6,8-10H,5,7H2,1H3. The Morgan fingerprint density at radius 3 is 3.00 bits per heavy atom. The molecule has 92 valence electrons. The predicted octanol–water partition coefficient (Wildman–Crippen LogP) is 1.34. The van der Waals surface area contributed by atoms with E-state index in [2.05, 4.69) is 9.97 Å². The van der Waals surface area contributed by atoms with Crippen LogP contribution in [-0.2, 0) is 11.2 Å². The third-order valence-corrected chi connectivity index (χ3v) is 3.43. The minimum absolute atomic E-state index is 0.0382. The first-order chi connectivity index (χ1) is 8.81. The molecule has 0 N–H and O–H groups in total. The van der Waals surface area contributed by atoms with Crippen LogP contribution in [0.2, 0.25) is 0 Å². The van der Waals surface area contributed by atoms with Crippen molar-refractivity contribution in [2.45, 2.75) is 19.4 Å². The molecule has 3 heterocycles. The van der Waals surface area contributed by atoms with Crippen LogP contribution in [0.3, 0.4) is 0 Å². The van der Waals surface area contributed by atoms with Gasteiger partial charge in [-0.3, -0.25) is 9.36 Å². The Morgan fingerprint density at radius 1 is 1.39 bits per heavy atom. The second-order valence-corrected chi connectivity index (χ2v) is 4.40. The van der Waals surface area contributed by atoms with E-state index in [9.17, 15) is 4.79 Å². The Labute approximate surface area is 105 Å². The summed E-state index contributed by atoms with van der Waals surface area (Å²) in [6.07, 6.45) is 5.27. The van der Waals surface area contributed by atoms with E-state index in [-0.39, 0.29) is 6.04 Å². The van der Waals surface area contributed by atoms with Gasteiger partial charge in [-0.1, -0.05) is 6.07 Å². The van der Waals surface area contributed by atoms with Crippen molar-refractivity contribution in [1.82, 2.24) is 19.4 Å². The van der Waals surface area contributed by atoms with Crippen molar-refractivity contribution < 1.29 is 4.79 Å². The molecule has 18 heavy (non-hydrogen) atoms. The average Bonchev–Trinajstić information content (AvgIpc) is 2.85. The molecular formula is C13H14N4O. The summed E-state index contributed by atoms with van der Waals surface area (Å²) >= 11 is 0. The lowest BCUT2D eigenvalue weighted by atomic mass is 10.1. The molecule has 0 fully saturated rings. The van der Waals surface area contributed by atoms with Crippen molar-refractivity contribution >= 4 is 6.41 Å². The zero-order valence-corrected chi connectivity index (χ0v) is 10.2. The second-order valence-electron chi connectivity index (χ2n) is 4.40. The molecule has 0 bridgehead atoms. The third-order valence-electron chi connectivity index (χ3n) is 3.43. The molecule has 1 aliphatic rings. The van der Waals surface area contributed by atoms with Gasteiger partial charge in [-0.05, 0) is 19.1 Å². The summed E-state index contributed by atoms with van der Waals surface area (Å²) in [5.74, 6) is 0.873. The van der Waals surface area contributed by atoms with Crippen molar-refractivity contribution in [2.75, 3.05) is 6.54 Å². The van der Waals surface area contributed by atoms with Gasteiger partial charge in [0.25, 0.3) is 0 Å². The monoisotopic (exact) mass is 242 g/mol. The van der Waals surface area contributed by atoms with Gasteiger partial charge in [0, 0.05) is 19.2 Å². The zero-order valence-electron chi connectivity index (χ0n) is 10.2. The molecule has 5 heteroatoms. The fraction of sp³-hybridized carbons (Fsp3) is 0.308. The van der Waals surface area contributed by atoms with Gasteiger partial charge in [-0.2, -0.15) is 0 Å². The highest BCUT2D eigenvalue weighted by atomic mass is 16.1. The minimum atomic E-state index is 0.0382. The largest absolute Gasteiger partial charge is 0.336 e. The third kappa shape index (κ3) is 1.59. The number of amides is 1. The number of carbonyl (C=O) groups is 1. The van der Waals surface area contributed by atoms with Crippen LogP contribution in [0, 0.1) is 0 Å². The van der Waals surface area contributed by atoms with E-state index in [0.717, 1.165) is 36.6 Å². The van der Waals surface area contributed by atoms with Gasteiger partial charge in [0.2, 0.25) is 6.41 Å². The Bertz CT molecular complexity index is 564. The Morgan fingerprint density at radius 2 is 2.28 bits per heavy atom. The highest BCUT2D eigenvalue weighted by Crippen LogP contribution is 2.28. The van der Waals surface area contributed by atoms with Gasteiger partial charge in [-0.25, -0.2) is 9.97 Å². The number of aromatic nitrogens is 3. The molecule has 0 saturated heterocycles. The fourth-order valence-electron chi connectivity index (χ4n) is 2.41. The highest BCUT2D eigenvalue weighted by molar-refractivity contribution is 5.50. The second kappa shape index (κ2) is 4.25. The first-order valence-electron chi connectivity index (χ1n) is 6.00. The van der Waals surface area contributed by atoms with Gasteiger partial charge in [0.15, 0.2) is 0 Å². The molecule has 5 nitrogen and oxygen atoms in total. The van der Waals surface area contributed by atoms with Gasteiger partial charge in [0.05, 0.1) is 17.4 Å². The van der Waals surface area contributed by atoms with Crippen LogP contribution in [0.25, 0.3) is 5.82 Å². The van der Waals surface area contributed by atoms with Crippen molar-refractivity contribution in [3.05, 3.63) is 42.1 Å². The normalized spacial score (nSPS) is 18.5. The van der Waals surface area contributed by atoms with Crippen LogP contribution in [0.5, 0.6) is 0 Å². The van der Waals surface area contributed by atoms with E-state index < -0.39 is 0 Å². The lowest BCUT2D eigenvalue weighted by Gasteiger charge is -2.29. The Hall–Kier alpha value is -2.17. The zero-order chi connectivity index (χ0) is 12.5. The van der Waals surface area contributed by atoms with Crippen LogP contribution < -0.4 is 0 Å². The maximum atomic E-state index is 10.9. The SMILES string of the molecule is CC1c2ncn(-c3ccccn3)c2CCN1C=O. The maximum absolute atomic E-state index is 10.9. The minimum Gasteiger partial charge on any atom is -0.336 e. The number of hydrogen-bond acceptors (Lipinski definition) is 3. The molecule has 0 aromatic carbocycles. The van der Waals surface area contributed by atoms with E-state index in [1.807, 2.05) is 29.7 Å². The molecule has 1 aliphatic heterocycles. The van der Waals surface area contributed by atoms with Crippen LogP contribution >= 0.6 is 0 Å². The number of pyridine rings is 1. The molecule has 1 amide bonds. The molecule has 0 spiro atoms. The summed E-state index contributed by atoms with van der Waals surface area (Å²) in [6.45, 7) is 2.73. The Kier molecular flexibility index (Phi) is 2.59. The molecule has 1 unspecified atom stereocenters. The number of rotatable bonds is 2. The van der Waals surface area contributed by atoms with Crippen LogP contribution in [-0.4, -0.2) is 32.4 Å². The lowest BCUT2D eigenvalue weighted by Crippen LogP contribution is -2.33. The van der Waals surface area contributed by atoms with E-state index in [0.29, 0.717) is 0 Å².